The molecule has 0 saturated carbocycles. The Labute approximate surface area is 139 Å². The molecule has 1 atom stereocenters. The molecule has 0 aromatic heterocycles. The van der Waals surface area contributed by atoms with Crippen molar-refractivity contribution in [2.24, 2.45) is 5.73 Å². The van der Waals surface area contributed by atoms with E-state index in [2.05, 4.69) is 31.9 Å². The predicted molar refractivity (Wildman–Crippen MR) is 87.4 cm³/mol. The molecule has 0 heterocycles. The van der Waals surface area contributed by atoms with Crippen molar-refractivity contribution in [3.8, 4) is 11.5 Å². The topological polar surface area (TPSA) is 44.5 Å². The van der Waals surface area contributed by atoms with E-state index in [1.54, 1.807) is 38.5 Å². The van der Waals surface area contributed by atoms with Gasteiger partial charge in [-0.2, -0.15) is 0 Å². The summed E-state index contributed by atoms with van der Waals surface area (Å²) in [6.45, 7) is 0. The van der Waals surface area contributed by atoms with Crippen molar-refractivity contribution in [1.82, 2.24) is 0 Å². The van der Waals surface area contributed by atoms with Crippen LogP contribution in [0.4, 0.5) is 4.39 Å². The van der Waals surface area contributed by atoms with Crippen LogP contribution >= 0.6 is 31.9 Å². The van der Waals surface area contributed by atoms with Crippen LogP contribution in [0.25, 0.3) is 0 Å². The first-order valence-electron chi connectivity index (χ1n) is 6.10. The number of benzene rings is 2. The molecule has 112 valence electrons. The largest absolute Gasteiger partial charge is 0.493 e. The summed E-state index contributed by atoms with van der Waals surface area (Å²) in [5.74, 6) is 0.817. The second kappa shape index (κ2) is 6.77. The first-order valence-corrected chi connectivity index (χ1v) is 7.69. The molecule has 0 fully saturated rings. The van der Waals surface area contributed by atoms with Crippen LogP contribution in [0.1, 0.15) is 17.2 Å². The molecule has 0 saturated heterocycles. The van der Waals surface area contributed by atoms with E-state index in [1.807, 2.05) is 0 Å². The van der Waals surface area contributed by atoms with Crippen LogP contribution in [-0.4, -0.2) is 14.2 Å². The average Bonchev–Trinajstić information content (AvgIpc) is 2.49. The normalized spacial score (nSPS) is 12.1. The summed E-state index contributed by atoms with van der Waals surface area (Å²) < 4.78 is 25.3. The van der Waals surface area contributed by atoms with E-state index in [0.29, 0.717) is 21.5 Å². The van der Waals surface area contributed by atoms with Crippen LogP contribution in [0.3, 0.4) is 0 Å². The average molecular weight is 419 g/mol. The maximum atomic E-state index is 13.7. The summed E-state index contributed by atoms with van der Waals surface area (Å²) >= 11 is 6.71. The molecule has 0 aliphatic rings. The molecule has 2 rings (SSSR count). The number of nitrogens with two attached hydrogens (primary N) is 1. The lowest BCUT2D eigenvalue weighted by Gasteiger charge is -2.18. The molecule has 21 heavy (non-hydrogen) atoms. The fourth-order valence-electron chi connectivity index (χ4n) is 2.04. The Morgan fingerprint density at radius 2 is 1.67 bits per heavy atom. The van der Waals surface area contributed by atoms with E-state index in [0.717, 1.165) is 10.0 Å². The zero-order valence-corrected chi connectivity index (χ0v) is 14.7. The molecule has 2 N–H and O–H groups in total. The van der Waals surface area contributed by atoms with Crippen LogP contribution in [0.5, 0.6) is 11.5 Å². The van der Waals surface area contributed by atoms with Gasteiger partial charge in [0.1, 0.15) is 5.82 Å². The van der Waals surface area contributed by atoms with Gasteiger partial charge in [-0.15, -0.1) is 0 Å². The van der Waals surface area contributed by atoms with E-state index in [1.165, 1.54) is 6.07 Å². The number of ether oxygens (including phenoxy) is 2. The second-order valence-corrected chi connectivity index (χ2v) is 6.00. The van der Waals surface area contributed by atoms with E-state index >= 15 is 0 Å². The van der Waals surface area contributed by atoms with Crippen LogP contribution in [0.15, 0.2) is 39.3 Å². The third kappa shape index (κ3) is 3.22. The molecule has 0 radical (unpaired) electrons. The summed E-state index contributed by atoms with van der Waals surface area (Å²) in [5.41, 5.74) is 7.71. The van der Waals surface area contributed by atoms with Gasteiger partial charge in [-0.3, -0.25) is 0 Å². The minimum absolute atomic E-state index is 0.348. The Morgan fingerprint density at radius 3 is 2.29 bits per heavy atom. The Kier molecular flexibility index (Phi) is 5.24. The molecule has 0 aliphatic heterocycles. The Balaban J connectivity index is 2.53. The molecule has 6 heteroatoms. The maximum absolute atomic E-state index is 13.7. The molecule has 0 aliphatic carbocycles. The molecule has 0 spiro atoms. The highest BCUT2D eigenvalue weighted by molar-refractivity contribution is 9.10. The lowest BCUT2D eigenvalue weighted by atomic mass is 9.99. The number of halogens is 3. The Hall–Kier alpha value is -1.11. The zero-order chi connectivity index (χ0) is 15.6. The summed E-state index contributed by atoms with van der Waals surface area (Å²) in [5, 5.41) is 0. The SMILES string of the molecule is COc1cc(Br)c(C(N)c2cccc(F)c2Br)cc1OC. The number of methoxy groups -OCH3 is 2. The molecule has 0 amide bonds. The quantitative estimate of drug-likeness (QED) is 0.799. The van der Waals surface area contributed by atoms with Gasteiger partial charge in [-0.25, -0.2) is 4.39 Å². The van der Waals surface area contributed by atoms with Gasteiger partial charge in [0.2, 0.25) is 0 Å². The van der Waals surface area contributed by atoms with Gasteiger partial charge in [0.05, 0.1) is 24.7 Å². The number of hydrogen-bond acceptors (Lipinski definition) is 3. The monoisotopic (exact) mass is 417 g/mol. The van der Waals surface area contributed by atoms with Crippen LogP contribution in [-0.2, 0) is 0 Å². The third-order valence-corrected chi connectivity index (χ3v) is 4.68. The Morgan fingerprint density at radius 1 is 1.05 bits per heavy atom. The van der Waals surface area contributed by atoms with Crippen LogP contribution in [0, 0.1) is 5.82 Å². The molecule has 3 nitrogen and oxygen atoms in total. The standard InChI is InChI=1S/C15H14Br2FNO2/c1-20-12-6-9(10(16)7-13(12)21-2)15(19)8-4-3-5-11(18)14(8)17/h3-7,15H,19H2,1-2H3. The summed E-state index contributed by atoms with van der Waals surface area (Å²) in [6.07, 6.45) is 0. The van der Waals surface area contributed by atoms with Crippen LogP contribution in [0.2, 0.25) is 0 Å². The van der Waals surface area contributed by atoms with Crippen molar-refractivity contribution in [3.63, 3.8) is 0 Å². The second-order valence-electron chi connectivity index (χ2n) is 4.35. The highest BCUT2D eigenvalue weighted by atomic mass is 79.9. The zero-order valence-electron chi connectivity index (χ0n) is 11.5. The van der Waals surface area contributed by atoms with E-state index in [-0.39, 0.29) is 5.82 Å². The molecule has 2 aromatic rings. The van der Waals surface area contributed by atoms with E-state index in [4.69, 9.17) is 15.2 Å². The van der Waals surface area contributed by atoms with E-state index < -0.39 is 6.04 Å². The van der Waals surface area contributed by atoms with Gasteiger partial charge in [0.25, 0.3) is 0 Å². The van der Waals surface area contributed by atoms with Crippen molar-refractivity contribution in [1.29, 1.82) is 0 Å². The van der Waals surface area contributed by atoms with Gasteiger partial charge in [-0.1, -0.05) is 28.1 Å². The molecule has 0 bridgehead atoms. The van der Waals surface area contributed by atoms with Crippen molar-refractivity contribution >= 4 is 31.9 Å². The first-order chi connectivity index (χ1) is 9.99. The minimum atomic E-state index is -0.510. The molecule has 2 aromatic carbocycles. The van der Waals surface area contributed by atoms with Crippen molar-refractivity contribution in [2.75, 3.05) is 14.2 Å². The number of hydrogen-bond donors (Lipinski definition) is 1. The summed E-state index contributed by atoms with van der Waals surface area (Å²) in [4.78, 5) is 0. The van der Waals surface area contributed by atoms with Gasteiger partial charge in [0.15, 0.2) is 11.5 Å². The van der Waals surface area contributed by atoms with Crippen molar-refractivity contribution in [3.05, 3.63) is 56.2 Å². The maximum Gasteiger partial charge on any atom is 0.161 e. The molecular formula is C15H14Br2FNO2. The van der Waals surface area contributed by atoms with Gasteiger partial charge < -0.3 is 15.2 Å². The van der Waals surface area contributed by atoms with Crippen LogP contribution < -0.4 is 15.2 Å². The predicted octanol–water partition coefficient (Wildman–Crippen LogP) is 4.42. The van der Waals surface area contributed by atoms with Gasteiger partial charge in [0, 0.05) is 4.47 Å². The minimum Gasteiger partial charge on any atom is -0.493 e. The molecule has 1 unspecified atom stereocenters. The van der Waals surface area contributed by atoms with Crippen molar-refractivity contribution < 1.29 is 13.9 Å². The third-order valence-electron chi connectivity index (χ3n) is 3.15. The fourth-order valence-corrected chi connectivity index (χ4v) is 3.12. The van der Waals surface area contributed by atoms with E-state index in [9.17, 15) is 4.39 Å². The van der Waals surface area contributed by atoms with Gasteiger partial charge in [-0.05, 0) is 45.3 Å². The number of rotatable bonds is 4. The highest BCUT2D eigenvalue weighted by Crippen LogP contribution is 2.38. The fraction of sp³-hybridized carbons (Fsp3) is 0.200. The highest BCUT2D eigenvalue weighted by Gasteiger charge is 2.19. The van der Waals surface area contributed by atoms with Crippen molar-refractivity contribution in [2.45, 2.75) is 6.04 Å². The Bertz CT molecular complexity index is 664. The van der Waals surface area contributed by atoms with Gasteiger partial charge >= 0.3 is 0 Å². The lowest BCUT2D eigenvalue weighted by molar-refractivity contribution is 0.354. The molecular weight excluding hydrogens is 405 g/mol. The summed E-state index contributed by atoms with van der Waals surface area (Å²) in [7, 11) is 3.12. The first kappa shape index (κ1) is 16.3. The smallest absolute Gasteiger partial charge is 0.161 e. The lowest BCUT2D eigenvalue weighted by Crippen LogP contribution is -2.14. The summed E-state index contributed by atoms with van der Waals surface area (Å²) in [6, 6.07) is 7.84.